The highest BCUT2D eigenvalue weighted by Gasteiger charge is 2.36. The van der Waals surface area contributed by atoms with Gasteiger partial charge in [-0.05, 0) is 42.5 Å². The van der Waals surface area contributed by atoms with Gasteiger partial charge in [0.25, 0.3) is 0 Å². The van der Waals surface area contributed by atoms with Gasteiger partial charge in [-0.1, -0.05) is 6.07 Å². The second kappa shape index (κ2) is 8.96. The van der Waals surface area contributed by atoms with Crippen LogP contribution in [0.3, 0.4) is 0 Å². The Morgan fingerprint density at radius 1 is 1.06 bits per heavy atom. The SMILES string of the molecule is N#Cc1cccc(NC(=O)N2CC(N3CCN(c4ccc(OC(F)(F)F)cc4)CC3)C2)c1. The molecule has 7 nitrogen and oxygen atoms in total. The molecule has 2 aliphatic rings. The number of hydrogen-bond donors (Lipinski definition) is 1. The summed E-state index contributed by atoms with van der Waals surface area (Å²) in [6.45, 7) is 4.39. The van der Waals surface area contributed by atoms with E-state index < -0.39 is 6.36 Å². The molecule has 0 unspecified atom stereocenters. The fourth-order valence-electron chi connectivity index (χ4n) is 3.93. The zero-order valence-corrected chi connectivity index (χ0v) is 17.2. The zero-order chi connectivity index (χ0) is 22.7. The summed E-state index contributed by atoms with van der Waals surface area (Å²) in [6, 6.07) is 14.9. The molecule has 2 aromatic carbocycles. The molecular formula is C22H22F3N5O2. The van der Waals surface area contributed by atoms with E-state index in [-0.39, 0.29) is 17.8 Å². The Kier molecular flexibility index (Phi) is 6.10. The van der Waals surface area contributed by atoms with Crippen LogP contribution in [0.15, 0.2) is 48.5 Å². The van der Waals surface area contributed by atoms with Crippen molar-refractivity contribution in [2.75, 3.05) is 49.5 Å². The number of carbonyl (C=O) groups is 1. The molecule has 4 rings (SSSR count). The van der Waals surface area contributed by atoms with Crippen molar-refractivity contribution in [1.29, 1.82) is 5.26 Å². The average Bonchev–Trinajstić information content (AvgIpc) is 2.73. The number of alkyl halides is 3. The van der Waals surface area contributed by atoms with Crippen molar-refractivity contribution < 1.29 is 22.7 Å². The van der Waals surface area contributed by atoms with Crippen molar-refractivity contribution in [1.82, 2.24) is 9.80 Å². The third kappa shape index (κ3) is 5.23. The Bertz CT molecular complexity index is 992. The van der Waals surface area contributed by atoms with E-state index in [2.05, 4.69) is 19.9 Å². The molecule has 0 spiro atoms. The average molecular weight is 445 g/mol. The fraction of sp³-hybridized carbons (Fsp3) is 0.364. The lowest BCUT2D eigenvalue weighted by atomic mass is 10.1. The number of carbonyl (C=O) groups excluding carboxylic acids is 1. The smallest absolute Gasteiger partial charge is 0.406 e. The van der Waals surface area contributed by atoms with Crippen molar-refractivity contribution in [2.24, 2.45) is 0 Å². The number of nitrogens with zero attached hydrogens (tertiary/aromatic N) is 4. The molecule has 1 N–H and O–H groups in total. The molecule has 2 heterocycles. The van der Waals surface area contributed by atoms with Gasteiger partial charge in [0.1, 0.15) is 5.75 Å². The summed E-state index contributed by atoms with van der Waals surface area (Å²) < 4.78 is 40.8. The molecule has 2 fully saturated rings. The van der Waals surface area contributed by atoms with Gasteiger partial charge in [0.2, 0.25) is 0 Å². The predicted molar refractivity (Wildman–Crippen MR) is 112 cm³/mol. The fourth-order valence-corrected chi connectivity index (χ4v) is 3.93. The Morgan fingerprint density at radius 3 is 2.38 bits per heavy atom. The topological polar surface area (TPSA) is 71.8 Å². The lowest BCUT2D eigenvalue weighted by molar-refractivity contribution is -0.274. The Labute approximate surface area is 183 Å². The quantitative estimate of drug-likeness (QED) is 0.780. The first kappa shape index (κ1) is 21.8. The highest BCUT2D eigenvalue weighted by Crippen LogP contribution is 2.26. The number of likely N-dealkylation sites (tertiary alicyclic amines) is 1. The van der Waals surface area contributed by atoms with E-state index >= 15 is 0 Å². The van der Waals surface area contributed by atoms with Gasteiger partial charge >= 0.3 is 12.4 Å². The minimum Gasteiger partial charge on any atom is -0.406 e. The molecule has 0 radical (unpaired) electrons. The van der Waals surface area contributed by atoms with Gasteiger partial charge in [0.05, 0.1) is 11.6 Å². The number of amides is 2. The highest BCUT2D eigenvalue weighted by atomic mass is 19.4. The van der Waals surface area contributed by atoms with Gasteiger partial charge < -0.3 is 19.9 Å². The molecule has 0 saturated carbocycles. The van der Waals surface area contributed by atoms with E-state index in [1.807, 2.05) is 6.07 Å². The summed E-state index contributed by atoms with van der Waals surface area (Å²) >= 11 is 0. The molecule has 0 bridgehead atoms. The number of piperazine rings is 1. The monoisotopic (exact) mass is 445 g/mol. The molecule has 0 atom stereocenters. The van der Waals surface area contributed by atoms with Crippen molar-refractivity contribution in [3.05, 3.63) is 54.1 Å². The predicted octanol–water partition coefficient (Wildman–Crippen LogP) is 3.50. The van der Waals surface area contributed by atoms with E-state index in [0.717, 1.165) is 31.9 Å². The molecule has 10 heteroatoms. The summed E-state index contributed by atoms with van der Waals surface area (Å²) in [5, 5.41) is 11.8. The van der Waals surface area contributed by atoms with Gasteiger partial charge in [0.15, 0.2) is 0 Å². The second-order valence-corrected chi connectivity index (χ2v) is 7.75. The third-order valence-corrected chi connectivity index (χ3v) is 5.66. The van der Waals surface area contributed by atoms with Crippen LogP contribution in [-0.4, -0.2) is 67.5 Å². The molecule has 2 amide bonds. The lowest BCUT2D eigenvalue weighted by Gasteiger charge is -2.48. The maximum Gasteiger partial charge on any atom is 0.573 e. The van der Waals surface area contributed by atoms with Gasteiger partial charge in [-0.2, -0.15) is 5.26 Å². The van der Waals surface area contributed by atoms with Gasteiger partial charge in [-0.15, -0.1) is 13.2 Å². The molecule has 168 valence electrons. The van der Waals surface area contributed by atoms with Crippen LogP contribution in [0, 0.1) is 11.3 Å². The van der Waals surface area contributed by atoms with Crippen molar-refractivity contribution in [3.8, 4) is 11.8 Å². The molecule has 0 aromatic heterocycles. The van der Waals surface area contributed by atoms with Gasteiger partial charge in [-0.3, -0.25) is 4.90 Å². The minimum absolute atomic E-state index is 0.184. The summed E-state index contributed by atoms with van der Waals surface area (Å²) in [6.07, 6.45) is -4.69. The number of hydrogen-bond acceptors (Lipinski definition) is 5. The van der Waals surface area contributed by atoms with Crippen LogP contribution < -0.4 is 15.0 Å². The molecule has 2 aromatic rings. The molecule has 0 aliphatic carbocycles. The number of anilines is 2. The second-order valence-electron chi connectivity index (χ2n) is 7.75. The van der Waals surface area contributed by atoms with Gasteiger partial charge in [-0.25, -0.2) is 4.79 Å². The number of urea groups is 1. The van der Waals surface area contributed by atoms with E-state index in [4.69, 9.17) is 5.26 Å². The van der Waals surface area contributed by atoms with E-state index in [1.54, 1.807) is 41.3 Å². The first-order chi connectivity index (χ1) is 15.3. The summed E-state index contributed by atoms with van der Waals surface area (Å²) in [5.41, 5.74) is 1.94. The number of nitrogens with one attached hydrogen (secondary N) is 1. The van der Waals surface area contributed by atoms with E-state index in [0.29, 0.717) is 24.3 Å². The van der Waals surface area contributed by atoms with Crippen LogP contribution in [-0.2, 0) is 0 Å². The normalized spacial score (nSPS) is 17.4. The number of halogens is 3. The maximum atomic E-state index is 12.4. The van der Waals surface area contributed by atoms with Crippen molar-refractivity contribution in [3.63, 3.8) is 0 Å². The van der Waals surface area contributed by atoms with Crippen LogP contribution >= 0.6 is 0 Å². The highest BCUT2D eigenvalue weighted by molar-refractivity contribution is 5.90. The van der Waals surface area contributed by atoms with Crippen LogP contribution in [0.1, 0.15) is 5.56 Å². The standard InChI is InChI=1S/C22H22F3N5O2/c23-22(24,25)32-20-6-4-18(5-7-20)28-8-10-29(11-9-28)19-14-30(15-19)21(31)27-17-3-1-2-16(12-17)13-26/h1-7,12,19H,8-11,14-15H2,(H,27,31). The molecule has 2 aliphatic heterocycles. The summed E-state index contributed by atoms with van der Waals surface area (Å²) in [7, 11) is 0. The van der Waals surface area contributed by atoms with Gasteiger partial charge in [0, 0.05) is 56.7 Å². The van der Waals surface area contributed by atoms with Crippen molar-refractivity contribution in [2.45, 2.75) is 12.4 Å². The summed E-state index contributed by atoms with van der Waals surface area (Å²) in [4.78, 5) is 18.6. The van der Waals surface area contributed by atoms with Crippen LogP contribution in [0.2, 0.25) is 0 Å². The number of nitriles is 1. The van der Waals surface area contributed by atoms with E-state index in [9.17, 15) is 18.0 Å². The van der Waals surface area contributed by atoms with Crippen LogP contribution in [0.5, 0.6) is 5.75 Å². The Balaban J connectivity index is 1.22. The van der Waals surface area contributed by atoms with Crippen LogP contribution in [0.4, 0.5) is 29.3 Å². The van der Waals surface area contributed by atoms with Crippen molar-refractivity contribution >= 4 is 17.4 Å². The Morgan fingerprint density at radius 2 is 1.75 bits per heavy atom. The van der Waals surface area contributed by atoms with Crippen LogP contribution in [0.25, 0.3) is 0 Å². The largest absolute Gasteiger partial charge is 0.573 e. The molecular weight excluding hydrogens is 423 g/mol. The third-order valence-electron chi connectivity index (χ3n) is 5.66. The first-order valence-electron chi connectivity index (χ1n) is 10.2. The number of ether oxygens (including phenoxy) is 1. The van der Waals surface area contributed by atoms with E-state index in [1.165, 1.54) is 12.1 Å². The number of benzene rings is 2. The minimum atomic E-state index is -4.69. The number of rotatable bonds is 4. The lowest BCUT2D eigenvalue weighted by Crippen LogP contribution is -2.64. The molecule has 2 saturated heterocycles. The first-order valence-corrected chi connectivity index (χ1v) is 10.2. The summed E-state index contributed by atoms with van der Waals surface area (Å²) in [5.74, 6) is -0.230. The zero-order valence-electron chi connectivity index (χ0n) is 17.2. The molecule has 32 heavy (non-hydrogen) atoms. The maximum absolute atomic E-state index is 12.4. The Hall–Kier alpha value is -3.45.